The molecule has 6 nitrogen and oxygen atoms in total. The zero-order chi connectivity index (χ0) is 20.4. The van der Waals surface area contributed by atoms with Gasteiger partial charge in [0.25, 0.3) is 5.91 Å². The van der Waals surface area contributed by atoms with Crippen molar-refractivity contribution in [3.63, 3.8) is 0 Å². The van der Waals surface area contributed by atoms with Gasteiger partial charge in [0.1, 0.15) is 5.82 Å². The lowest BCUT2D eigenvalue weighted by molar-refractivity contribution is 0.0986. The van der Waals surface area contributed by atoms with E-state index in [1.165, 1.54) is 23.5 Å². The Morgan fingerprint density at radius 1 is 1.00 bits per heavy atom. The third kappa shape index (κ3) is 4.72. The Bertz CT molecular complexity index is 1180. The van der Waals surface area contributed by atoms with E-state index in [9.17, 15) is 9.18 Å². The Hall–Kier alpha value is -2.68. The minimum atomic E-state index is -0.314. The van der Waals surface area contributed by atoms with Gasteiger partial charge in [0.05, 0.1) is 21.3 Å². The fourth-order valence-corrected chi connectivity index (χ4v) is 4.10. The zero-order valence-corrected chi connectivity index (χ0v) is 18.2. The topological polar surface area (TPSA) is 62.2 Å². The second kappa shape index (κ2) is 9.42. The number of nitrogens with zero attached hydrogens (tertiary/aromatic N) is 5. The number of halogens is 2. The minimum Gasteiger partial charge on any atom is -0.309 e. The van der Waals surface area contributed by atoms with E-state index in [-0.39, 0.29) is 24.1 Å². The van der Waals surface area contributed by atoms with Crippen LogP contribution in [0.25, 0.3) is 21.3 Å². The summed E-state index contributed by atoms with van der Waals surface area (Å²) >= 11 is 1.32. The molecule has 156 valence electrons. The van der Waals surface area contributed by atoms with Crippen molar-refractivity contribution in [3.8, 4) is 0 Å². The van der Waals surface area contributed by atoms with Crippen molar-refractivity contribution in [2.75, 3.05) is 32.1 Å². The summed E-state index contributed by atoms with van der Waals surface area (Å²) in [5, 5.41) is 0.564. The molecule has 0 bridgehead atoms. The predicted octanol–water partition coefficient (Wildman–Crippen LogP) is 4.40. The minimum absolute atomic E-state index is 0. The number of fused-ring (bicyclic) bond motifs is 2. The van der Waals surface area contributed by atoms with Gasteiger partial charge < -0.3 is 4.90 Å². The molecule has 1 amide bonds. The first kappa shape index (κ1) is 22.0. The Balaban J connectivity index is 0.00000256. The van der Waals surface area contributed by atoms with Gasteiger partial charge >= 0.3 is 0 Å². The van der Waals surface area contributed by atoms with Crippen LogP contribution in [0.5, 0.6) is 0 Å². The standard InChI is InChI=1S/C21H20FN5OS.ClH/c1-26(2)10-3-11-27(21-25-17-7-5-15(22)13-19(17)29-21)20(28)14-4-6-16-18(12-14)24-9-8-23-16;/h4-9,12-13H,3,10-11H2,1-2H3;1H. The van der Waals surface area contributed by atoms with Crippen molar-refractivity contribution in [1.29, 1.82) is 0 Å². The average molecular weight is 446 g/mol. The molecular formula is C21H21ClFN5OS. The molecular weight excluding hydrogens is 425 g/mol. The quantitative estimate of drug-likeness (QED) is 0.440. The van der Waals surface area contributed by atoms with Crippen molar-refractivity contribution in [1.82, 2.24) is 19.9 Å². The molecule has 0 saturated heterocycles. The number of amides is 1. The monoisotopic (exact) mass is 445 g/mol. The molecule has 0 saturated carbocycles. The van der Waals surface area contributed by atoms with Crippen molar-refractivity contribution in [3.05, 3.63) is 60.2 Å². The van der Waals surface area contributed by atoms with Crippen LogP contribution >= 0.6 is 23.7 Å². The van der Waals surface area contributed by atoms with E-state index in [4.69, 9.17) is 0 Å². The highest BCUT2D eigenvalue weighted by Gasteiger charge is 2.22. The molecule has 9 heteroatoms. The van der Waals surface area contributed by atoms with Gasteiger partial charge in [-0.25, -0.2) is 9.37 Å². The van der Waals surface area contributed by atoms with E-state index < -0.39 is 0 Å². The van der Waals surface area contributed by atoms with E-state index in [0.717, 1.165) is 23.2 Å². The number of carbonyl (C=O) groups is 1. The molecule has 0 fully saturated rings. The second-order valence-corrected chi connectivity index (χ2v) is 7.99. The van der Waals surface area contributed by atoms with Gasteiger partial charge in [-0.05, 0) is 63.5 Å². The van der Waals surface area contributed by atoms with Crippen LogP contribution in [0.1, 0.15) is 16.8 Å². The van der Waals surface area contributed by atoms with Crippen molar-refractivity contribution in [2.45, 2.75) is 6.42 Å². The van der Waals surface area contributed by atoms with Gasteiger partial charge in [-0.15, -0.1) is 12.4 Å². The summed E-state index contributed by atoms with van der Waals surface area (Å²) in [6, 6.07) is 9.76. The van der Waals surface area contributed by atoms with Crippen LogP contribution in [0.3, 0.4) is 0 Å². The second-order valence-electron chi connectivity index (χ2n) is 6.98. The SMILES string of the molecule is CN(C)CCCN(C(=O)c1ccc2nccnc2c1)c1nc2ccc(F)cc2s1.Cl. The van der Waals surface area contributed by atoms with E-state index in [0.29, 0.717) is 28.3 Å². The third-order valence-corrected chi connectivity index (χ3v) is 5.56. The number of aromatic nitrogens is 3. The van der Waals surface area contributed by atoms with E-state index in [2.05, 4.69) is 19.9 Å². The Morgan fingerprint density at radius 3 is 2.50 bits per heavy atom. The van der Waals surface area contributed by atoms with Gasteiger partial charge in [-0.3, -0.25) is 19.7 Å². The van der Waals surface area contributed by atoms with Crippen LogP contribution in [0, 0.1) is 5.82 Å². The van der Waals surface area contributed by atoms with Gasteiger partial charge in [0, 0.05) is 24.5 Å². The van der Waals surface area contributed by atoms with Crippen LogP contribution in [-0.4, -0.2) is 52.9 Å². The molecule has 2 aromatic carbocycles. The molecule has 0 radical (unpaired) electrons. The van der Waals surface area contributed by atoms with Gasteiger partial charge in [-0.1, -0.05) is 11.3 Å². The molecule has 0 N–H and O–H groups in total. The van der Waals surface area contributed by atoms with Gasteiger partial charge in [0.15, 0.2) is 5.13 Å². The molecule has 4 rings (SSSR count). The lowest BCUT2D eigenvalue weighted by atomic mass is 10.1. The molecule has 2 heterocycles. The van der Waals surface area contributed by atoms with Crippen molar-refractivity contribution < 1.29 is 9.18 Å². The summed E-state index contributed by atoms with van der Waals surface area (Å²) < 4.78 is 14.3. The molecule has 0 aliphatic rings. The summed E-state index contributed by atoms with van der Waals surface area (Å²) in [6.45, 7) is 1.35. The highest BCUT2D eigenvalue weighted by atomic mass is 35.5. The number of rotatable bonds is 6. The summed E-state index contributed by atoms with van der Waals surface area (Å²) in [5.41, 5.74) is 2.60. The van der Waals surface area contributed by atoms with Gasteiger partial charge in [0.2, 0.25) is 0 Å². The van der Waals surface area contributed by atoms with Gasteiger partial charge in [-0.2, -0.15) is 0 Å². The molecule has 0 aliphatic carbocycles. The fraction of sp³-hybridized carbons (Fsp3) is 0.238. The number of hydrogen-bond acceptors (Lipinski definition) is 6. The Labute approximate surface area is 183 Å². The highest BCUT2D eigenvalue weighted by Crippen LogP contribution is 2.30. The molecule has 0 aliphatic heterocycles. The maximum Gasteiger partial charge on any atom is 0.260 e. The summed E-state index contributed by atoms with van der Waals surface area (Å²) in [6.07, 6.45) is 4.02. The summed E-state index contributed by atoms with van der Waals surface area (Å²) in [7, 11) is 3.99. The molecule has 30 heavy (non-hydrogen) atoms. The Morgan fingerprint density at radius 2 is 1.73 bits per heavy atom. The summed E-state index contributed by atoms with van der Waals surface area (Å²) in [5.74, 6) is -0.470. The van der Waals surface area contributed by atoms with E-state index in [1.54, 1.807) is 41.6 Å². The first-order valence-electron chi connectivity index (χ1n) is 9.25. The number of anilines is 1. The maximum atomic E-state index is 13.6. The Kier molecular flexibility index (Phi) is 6.91. The van der Waals surface area contributed by atoms with Crippen LogP contribution in [0.2, 0.25) is 0 Å². The lowest BCUT2D eigenvalue weighted by Gasteiger charge is -2.21. The van der Waals surface area contributed by atoms with Crippen molar-refractivity contribution >= 4 is 56.0 Å². The normalized spacial score (nSPS) is 11.1. The molecule has 4 aromatic rings. The molecule has 0 spiro atoms. The van der Waals surface area contributed by atoms with Crippen LogP contribution in [0.15, 0.2) is 48.8 Å². The third-order valence-electron chi connectivity index (χ3n) is 4.52. The predicted molar refractivity (Wildman–Crippen MR) is 121 cm³/mol. The molecule has 0 unspecified atom stereocenters. The average Bonchev–Trinajstić information content (AvgIpc) is 3.13. The summed E-state index contributed by atoms with van der Waals surface area (Å²) in [4.78, 5) is 30.2. The van der Waals surface area contributed by atoms with Crippen molar-refractivity contribution in [2.24, 2.45) is 0 Å². The smallest absolute Gasteiger partial charge is 0.260 e. The zero-order valence-electron chi connectivity index (χ0n) is 16.6. The number of hydrogen-bond donors (Lipinski definition) is 0. The van der Waals surface area contributed by atoms with E-state index in [1.807, 2.05) is 14.1 Å². The fourth-order valence-electron chi connectivity index (χ4n) is 3.08. The van der Waals surface area contributed by atoms with Crippen LogP contribution in [0.4, 0.5) is 9.52 Å². The first-order valence-corrected chi connectivity index (χ1v) is 10.1. The number of carbonyl (C=O) groups excluding carboxylic acids is 1. The van der Waals surface area contributed by atoms with Crippen LogP contribution < -0.4 is 4.90 Å². The number of benzene rings is 2. The molecule has 2 aromatic heterocycles. The highest BCUT2D eigenvalue weighted by molar-refractivity contribution is 7.22. The maximum absolute atomic E-state index is 13.6. The number of thiazole rings is 1. The van der Waals surface area contributed by atoms with E-state index >= 15 is 0 Å². The first-order chi connectivity index (χ1) is 14.0. The molecule has 0 atom stereocenters. The lowest BCUT2D eigenvalue weighted by Crippen LogP contribution is -2.33. The largest absolute Gasteiger partial charge is 0.309 e. The van der Waals surface area contributed by atoms with Crippen LogP contribution in [-0.2, 0) is 0 Å².